The zero-order valence-corrected chi connectivity index (χ0v) is 12.8. The molecule has 4 N–H and O–H groups in total. The van der Waals surface area contributed by atoms with Gasteiger partial charge in [-0.25, -0.2) is 5.84 Å². The molecule has 8 heteroatoms. The van der Waals surface area contributed by atoms with Gasteiger partial charge in [-0.15, -0.1) is 11.8 Å². The molecule has 1 amide bonds. The highest BCUT2D eigenvalue weighted by atomic mass is 35.5. The maximum absolute atomic E-state index is 12.1. The van der Waals surface area contributed by atoms with Crippen molar-refractivity contribution in [2.45, 2.75) is 10.1 Å². The fraction of sp³-hybridized carbons (Fsp3) is 0.0714. The van der Waals surface area contributed by atoms with Crippen LogP contribution in [-0.2, 0) is 9.59 Å². The van der Waals surface area contributed by atoms with Crippen molar-refractivity contribution in [2.24, 2.45) is 11.0 Å². The van der Waals surface area contributed by atoms with Crippen molar-refractivity contribution >= 4 is 40.8 Å². The van der Waals surface area contributed by atoms with Crippen LogP contribution >= 0.6 is 23.4 Å². The number of hydrogen-bond donors (Lipinski definition) is 3. The van der Waals surface area contributed by atoms with Crippen molar-refractivity contribution in [2.75, 3.05) is 0 Å². The second-order valence-corrected chi connectivity index (χ2v) is 5.90. The number of hydrazine groups is 1. The molecule has 1 aromatic rings. The van der Waals surface area contributed by atoms with Crippen molar-refractivity contribution in [3.05, 3.63) is 53.1 Å². The summed E-state index contributed by atoms with van der Waals surface area (Å²) in [6, 6.07) is 6.84. The molecule has 0 aliphatic heterocycles. The number of amides is 1. The van der Waals surface area contributed by atoms with Crippen LogP contribution in [0.5, 0.6) is 0 Å². The highest BCUT2D eigenvalue weighted by Gasteiger charge is 2.28. The minimum absolute atomic E-state index is 0.134. The van der Waals surface area contributed by atoms with Crippen LogP contribution in [0.2, 0.25) is 5.02 Å². The number of halogens is 1. The maximum atomic E-state index is 12.1. The number of carbonyl (C=O) groups excluding carboxylic acids is 2. The molecule has 2 rings (SSSR count). The first kappa shape index (κ1) is 16.3. The molecule has 1 atom stereocenters. The number of carbonyl (C=O) groups is 2. The highest BCUT2D eigenvalue weighted by molar-refractivity contribution is 8.01. The van der Waals surface area contributed by atoms with Crippen LogP contribution in [0.1, 0.15) is 0 Å². The van der Waals surface area contributed by atoms with E-state index in [2.05, 4.69) is 10.6 Å². The summed E-state index contributed by atoms with van der Waals surface area (Å²) >= 11 is 6.99. The van der Waals surface area contributed by atoms with Crippen LogP contribution in [0.4, 0.5) is 0 Å². The predicted octanol–water partition coefficient (Wildman–Crippen LogP) is 1.69. The van der Waals surface area contributed by atoms with Crippen LogP contribution in [0, 0.1) is 0 Å². The van der Waals surface area contributed by atoms with E-state index in [1.807, 2.05) is 0 Å². The minimum Gasteiger partial charge on any atom is -0.410 e. The smallest absolute Gasteiger partial charge is 0.251 e. The summed E-state index contributed by atoms with van der Waals surface area (Å²) in [7, 11) is 0. The summed E-state index contributed by atoms with van der Waals surface area (Å²) in [5, 5.41) is 11.9. The molecule has 114 valence electrons. The van der Waals surface area contributed by atoms with Gasteiger partial charge in [-0.1, -0.05) is 16.8 Å². The van der Waals surface area contributed by atoms with E-state index in [0.29, 0.717) is 5.02 Å². The normalized spacial score (nSPS) is 17.3. The van der Waals surface area contributed by atoms with Crippen molar-refractivity contribution in [3.63, 3.8) is 0 Å². The van der Waals surface area contributed by atoms with E-state index in [9.17, 15) is 9.59 Å². The largest absolute Gasteiger partial charge is 0.410 e. The molecule has 22 heavy (non-hydrogen) atoms. The number of benzene rings is 1. The molecule has 1 aliphatic carbocycles. The quantitative estimate of drug-likeness (QED) is 0.194. The van der Waals surface area contributed by atoms with Gasteiger partial charge < -0.3 is 5.21 Å². The third kappa shape index (κ3) is 3.76. The summed E-state index contributed by atoms with van der Waals surface area (Å²) in [6.45, 7) is 0. The molecule has 0 bridgehead atoms. The molecule has 1 aromatic carbocycles. The second kappa shape index (κ2) is 7.26. The molecule has 0 aromatic heterocycles. The van der Waals surface area contributed by atoms with E-state index in [4.69, 9.17) is 22.7 Å². The van der Waals surface area contributed by atoms with E-state index in [0.717, 1.165) is 16.7 Å². The summed E-state index contributed by atoms with van der Waals surface area (Å²) in [5.41, 5.74) is 2.46. The Morgan fingerprint density at radius 2 is 2.00 bits per heavy atom. The Bertz CT molecular complexity index is 683. The number of nitrogens with one attached hydrogen (secondary N) is 1. The van der Waals surface area contributed by atoms with Gasteiger partial charge in [-0.2, -0.15) is 0 Å². The molecular weight excluding hydrogens is 326 g/mol. The zero-order chi connectivity index (χ0) is 16.1. The lowest BCUT2D eigenvalue weighted by molar-refractivity contribution is -0.119. The van der Waals surface area contributed by atoms with Crippen molar-refractivity contribution in [3.8, 4) is 0 Å². The lowest BCUT2D eigenvalue weighted by atomic mass is 9.99. The standard InChI is InChI=1S/C14H12ClN3O3S/c15-8-1-4-10(5-2-8)22-13(14(20)17-16)11-7-9(19)3-6-12(11)18-21/h1-7,13,21H,16H2,(H,17,20). The van der Waals surface area contributed by atoms with Crippen LogP contribution < -0.4 is 11.3 Å². The first-order valence-corrected chi connectivity index (χ1v) is 7.39. The molecule has 0 radical (unpaired) electrons. The molecular formula is C14H12ClN3O3S. The van der Waals surface area contributed by atoms with Gasteiger partial charge in [0.2, 0.25) is 0 Å². The van der Waals surface area contributed by atoms with Crippen LogP contribution in [-0.4, -0.2) is 27.9 Å². The number of allylic oxidation sites excluding steroid dienone is 3. The van der Waals surface area contributed by atoms with Gasteiger partial charge in [0.05, 0.1) is 0 Å². The highest BCUT2D eigenvalue weighted by Crippen LogP contribution is 2.31. The first-order chi connectivity index (χ1) is 10.5. The average molecular weight is 338 g/mol. The molecule has 0 saturated carbocycles. The monoisotopic (exact) mass is 337 g/mol. The summed E-state index contributed by atoms with van der Waals surface area (Å²) in [4.78, 5) is 24.4. The summed E-state index contributed by atoms with van der Waals surface area (Å²) in [6.07, 6.45) is 3.84. The Kier molecular flexibility index (Phi) is 5.37. The van der Waals surface area contributed by atoms with E-state index < -0.39 is 11.2 Å². The number of hydrogen-bond acceptors (Lipinski definition) is 6. The van der Waals surface area contributed by atoms with E-state index in [-0.39, 0.29) is 17.1 Å². The van der Waals surface area contributed by atoms with E-state index in [1.54, 1.807) is 24.3 Å². The minimum atomic E-state index is -0.842. The van der Waals surface area contributed by atoms with Crippen LogP contribution in [0.15, 0.2) is 58.1 Å². The Morgan fingerprint density at radius 3 is 2.59 bits per heavy atom. The molecule has 6 nitrogen and oxygen atoms in total. The molecule has 1 unspecified atom stereocenters. The number of rotatable bonds is 4. The Morgan fingerprint density at radius 1 is 1.32 bits per heavy atom. The average Bonchev–Trinajstić information content (AvgIpc) is 2.53. The third-order valence-electron chi connectivity index (χ3n) is 2.84. The topological polar surface area (TPSA) is 105 Å². The Hall–Kier alpha value is -2.09. The third-order valence-corrected chi connectivity index (χ3v) is 4.34. The fourth-order valence-corrected chi connectivity index (χ4v) is 3.00. The molecule has 1 aliphatic rings. The Labute approximate surface area is 135 Å². The summed E-state index contributed by atoms with van der Waals surface area (Å²) in [5.74, 6) is 4.40. The van der Waals surface area contributed by atoms with Gasteiger partial charge in [-0.3, -0.25) is 15.0 Å². The predicted molar refractivity (Wildman–Crippen MR) is 84.9 cm³/mol. The lowest BCUT2D eigenvalue weighted by Gasteiger charge is -2.19. The van der Waals surface area contributed by atoms with Gasteiger partial charge in [0.25, 0.3) is 5.91 Å². The second-order valence-electron chi connectivity index (χ2n) is 4.28. The zero-order valence-electron chi connectivity index (χ0n) is 11.2. The van der Waals surface area contributed by atoms with Crippen LogP contribution in [0.25, 0.3) is 0 Å². The van der Waals surface area contributed by atoms with Gasteiger partial charge in [0.1, 0.15) is 11.0 Å². The number of nitrogens with zero attached hydrogens (tertiary/aromatic N) is 1. The van der Waals surface area contributed by atoms with Gasteiger partial charge >= 0.3 is 0 Å². The first-order valence-electron chi connectivity index (χ1n) is 6.14. The van der Waals surface area contributed by atoms with Gasteiger partial charge in [0.15, 0.2) is 5.78 Å². The Balaban J connectivity index is 2.36. The number of thioether (sulfide) groups is 1. The van der Waals surface area contributed by atoms with Crippen molar-refractivity contribution < 1.29 is 14.8 Å². The molecule has 0 heterocycles. The lowest BCUT2D eigenvalue weighted by Crippen LogP contribution is -2.40. The number of ketones is 1. The van der Waals surface area contributed by atoms with E-state index in [1.165, 1.54) is 18.2 Å². The molecule has 0 spiro atoms. The van der Waals surface area contributed by atoms with Crippen molar-refractivity contribution in [1.82, 2.24) is 5.43 Å². The SMILES string of the molecule is NNC(=O)C(Sc1ccc(Cl)cc1)C1=CC(=O)C=CC1=NO. The number of nitrogens with two attached hydrogens (primary N) is 1. The summed E-state index contributed by atoms with van der Waals surface area (Å²) < 4.78 is 0. The van der Waals surface area contributed by atoms with Gasteiger partial charge in [-0.05, 0) is 42.5 Å². The molecule has 0 fully saturated rings. The number of oxime groups is 1. The maximum Gasteiger partial charge on any atom is 0.251 e. The molecule has 0 saturated heterocycles. The van der Waals surface area contributed by atoms with E-state index >= 15 is 0 Å². The van der Waals surface area contributed by atoms with Crippen LogP contribution in [0.3, 0.4) is 0 Å². The van der Waals surface area contributed by atoms with Gasteiger partial charge in [0, 0.05) is 15.5 Å². The van der Waals surface area contributed by atoms with Crippen molar-refractivity contribution in [1.29, 1.82) is 0 Å². The fourth-order valence-electron chi connectivity index (χ4n) is 1.82.